The number of anilines is 1. The molecule has 1 atom stereocenters. The van der Waals surface area contributed by atoms with E-state index in [1.807, 2.05) is 0 Å². The zero-order valence-electron chi connectivity index (χ0n) is 16.7. The summed E-state index contributed by atoms with van der Waals surface area (Å²) in [7, 11) is 1.43. The van der Waals surface area contributed by atoms with Crippen molar-refractivity contribution in [3.63, 3.8) is 0 Å². The lowest BCUT2D eigenvalue weighted by atomic mass is 10.0. The second-order valence-corrected chi connectivity index (χ2v) is 7.64. The number of carbonyl (C=O) groups excluding carboxylic acids is 1. The Hall–Kier alpha value is -3.47. The summed E-state index contributed by atoms with van der Waals surface area (Å²) in [5.74, 6) is -1.20. The predicted octanol–water partition coefficient (Wildman–Crippen LogP) is 3.61. The highest BCUT2D eigenvalue weighted by Gasteiger charge is 2.37. The molecule has 0 fully saturated rings. The minimum atomic E-state index is -4.62. The second-order valence-electron chi connectivity index (χ2n) is 7.64. The van der Waals surface area contributed by atoms with Crippen molar-refractivity contribution in [3.8, 4) is 5.75 Å². The first-order chi connectivity index (χ1) is 15.1. The Bertz CT molecular complexity index is 1280. The van der Waals surface area contributed by atoms with E-state index in [-0.39, 0.29) is 37.0 Å². The van der Waals surface area contributed by atoms with E-state index < -0.39 is 29.6 Å². The lowest BCUT2D eigenvalue weighted by Gasteiger charge is -2.24. The fraction of sp³-hybridized carbons (Fsp3) is 0.286. The number of pyridine rings is 2. The predicted molar refractivity (Wildman–Crippen MR) is 104 cm³/mol. The number of benzene rings is 1. The number of rotatable bonds is 2. The maximum Gasteiger partial charge on any atom is 0.433 e. The summed E-state index contributed by atoms with van der Waals surface area (Å²) in [5, 5.41) is 0.560. The Labute approximate surface area is 178 Å². The first kappa shape index (κ1) is 20.4. The van der Waals surface area contributed by atoms with Gasteiger partial charge in [0, 0.05) is 41.9 Å². The quantitative estimate of drug-likeness (QED) is 0.603. The summed E-state index contributed by atoms with van der Waals surface area (Å²) < 4.78 is 64.4. The van der Waals surface area contributed by atoms with Crippen LogP contribution in [0, 0.1) is 5.82 Å². The Morgan fingerprint density at radius 1 is 1.22 bits per heavy atom. The van der Waals surface area contributed by atoms with Crippen LogP contribution in [0.3, 0.4) is 0 Å². The molecule has 0 spiro atoms. The van der Waals surface area contributed by atoms with Gasteiger partial charge in [-0.1, -0.05) is 0 Å². The van der Waals surface area contributed by atoms with Gasteiger partial charge in [0.1, 0.15) is 29.7 Å². The van der Waals surface area contributed by atoms with Gasteiger partial charge in [-0.05, 0) is 11.6 Å². The average molecular weight is 448 g/mol. The maximum atomic E-state index is 14.9. The van der Waals surface area contributed by atoms with Crippen LogP contribution in [-0.2, 0) is 24.1 Å². The number of alkyl halides is 3. The number of aromatic nitrogens is 2. The highest BCUT2D eigenvalue weighted by atomic mass is 19.4. The summed E-state index contributed by atoms with van der Waals surface area (Å²) in [6.07, 6.45) is -3.58. The summed E-state index contributed by atoms with van der Waals surface area (Å²) >= 11 is 0. The van der Waals surface area contributed by atoms with Crippen LogP contribution >= 0.6 is 0 Å². The van der Waals surface area contributed by atoms with E-state index in [2.05, 4.69) is 9.97 Å². The molecule has 11 heteroatoms. The molecule has 4 heterocycles. The number of hydrogen-bond acceptors (Lipinski definition) is 6. The van der Waals surface area contributed by atoms with Gasteiger partial charge in [-0.15, -0.1) is 0 Å². The summed E-state index contributed by atoms with van der Waals surface area (Å²) in [5.41, 5.74) is 6.72. The fourth-order valence-electron chi connectivity index (χ4n) is 4.04. The van der Waals surface area contributed by atoms with Crippen LogP contribution in [0.15, 0.2) is 24.4 Å². The van der Waals surface area contributed by atoms with Crippen molar-refractivity contribution in [2.75, 3.05) is 19.4 Å². The van der Waals surface area contributed by atoms with E-state index in [0.29, 0.717) is 22.0 Å². The number of halogens is 4. The normalized spacial score (nSPS) is 17.2. The lowest BCUT2D eigenvalue weighted by Crippen LogP contribution is -2.32. The van der Waals surface area contributed by atoms with Gasteiger partial charge in [-0.2, -0.15) is 13.2 Å². The average Bonchev–Trinajstić information content (AvgIpc) is 3.39. The van der Waals surface area contributed by atoms with Crippen molar-refractivity contribution in [1.82, 2.24) is 14.9 Å². The van der Waals surface area contributed by atoms with Crippen LogP contribution in [0.25, 0.3) is 10.9 Å². The molecule has 2 aliphatic rings. The van der Waals surface area contributed by atoms with Crippen LogP contribution in [0.1, 0.15) is 38.8 Å². The molecular weight excluding hydrogens is 432 g/mol. The fourth-order valence-corrected chi connectivity index (χ4v) is 4.04. The molecular formula is C21H16F4N4O3. The van der Waals surface area contributed by atoms with Crippen molar-refractivity contribution < 1.29 is 31.8 Å². The topological polar surface area (TPSA) is 90.6 Å². The molecule has 5 rings (SSSR count). The summed E-state index contributed by atoms with van der Waals surface area (Å²) in [6, 6.07) is 2.62. The number of carbonyl (C=O) groups is 1. The number of nitrogens with zero attached hydrogens (tertiary/aromatic N) is 3. The number of fused-ring (bicyclic) bond motifs is 4. The van der Waals surface area contributed by atoms with Crippen molar-refractivity contribution in [3.05, 3.63) is 58.2 Å². The molecule has 0 bridgehead atoms. The van der Waals surface area contributed by atoms with Crippen LogP contribution in [0.5, 0.6) is 5.75 Å². The van der Waals surface area contributed by atoms with Crippen LogP contribution in [0.2, 0.25) is 0 Å². The van der Waals surface area contributed by atoms with Crippen molar-refractivity contribution in [1.29, 1.82) is 0 Å². The third-order valence-corrected chi connectivity index (χ3v) is 5.78. The molecule has 32 heavy (non-hydrogen) atoms. The van der Waals surface area contributed by atoms with Gasteiger partial charge in [-0.25, -0.2) is 9.37 Å². The molecule has 1 aromatic carbocycles. The molecule has 166 valence electrons. The first-order valence-corrected chi connectivity index (χ1v) is 9.60. The molecule has 7 nitrogen and oxygen atoms in total. The highest BCUT2D eigenvalue weighted by Crippen LogP contribution is 2.39. The van der Waals surface area contributed by atoms with E-state index in [4.69, 9.17) is 15.2 Å². The SMILES string of the molecule is CN(C(=O)c1cc2c3c(c(N)nc2cc1F)COC3)C1COc2cc(C(F)(F)F)ncc21. The molecule has 0 radical (unpaired) electrons. The minimum absolute atomic E-state index is 0.00870. The molecule has 1 amide bonds. The third-order valence-electron chi connectivity index (χ3n) is 5.78. The van der Waals surface area contributed by atoms with Gasteiger partial charge in [0.05, 0.1) is 30.3 Å². The van der Waals surface area contributed by atoms with Crippen molar-refractivity contribution >= 4 is 22.6 Å². The van der Waals surface area contributed by atoms with E-state index in [1.54, 1.807) is 0 Å². The minimum Gasteiger partial charge on any atom is -0.491 e. The van der Waals surface area contributed by atoms with E-state index >= 15 is 0 Å². The van der Waals surface area contributed by atoms with E-state index in [9.17, 15) is 22.4 Å². The summed E-state index contributed by atoms with van der Waals surface area (Å²) in [4.78, 5) is 22.0. The van der Waals surface area contributed by atoms with Crippen LogP contribution in [0.4, 0.5) is 23.4 Å². The zero-order chi connectivity index (χ0) is 22.8. The molecule has 0 saturated heterocycles. The highest BCUT2D eigenvalue weighted by molar-refractivity contribution is 5.99. The second kappa shape index (κ2) is 7.02. The Morgan fingerprint density at radius 2 is 1.97 bits per heavy atom. The largest absolute Gasteiger partial charge is 0.491 e. The standard InChI is InChI=1S/C21H16F4N4O3/c1-29(16-8-32-17-4-18(21(23,24)25)27-5-11(16)17)20(30)10-2-9-12-6-31-7-13(12)19(26)28-15(9)3-14(10)22/h2-5,16H,6-8H2,1H3,(H2,26,28). The van der Waals surface area contributed by atoms with Gasteiger partial charge in [-0.3, -0.25) is 9.78 Å². The molecule has 0 saturated carbocycles. The monoisotopic (exact) mass is 448 g/mol. The zero-order valence-corrected chi connectivity index (χ0v) is 16.7. The van der Waals surface area contributed by atoms with Crippen LogP contribution in [-0.4, -0.2) is 34.4 Å². The summed E-state index contributed by atoms with van der Waals surface area (Å²) in [6.45, 7) is 0.482. The van der Waals surface area contributed by atoms with Gasteiger partial charge in [0.2, 0.25) is 0 Å². The van der Waals surface area contributed by atoms with Gasteiger partial charge >= 0.3 is 6.18 Å². The van der Waals surface area contributed by atoms with Crippen molar-refractivity contribution in [2.45, 2.75) is 25.4 Å². The Morgan fingerprint density at radius 3 is 2.72 bits per heavy atom. The van der Waals surface area contributed by atoms with Gasteiger partial charge in [0.25, 0.3) is 5.91 Å². The Balaban J connectivity index is 1.50. The number of likely N-dealkylation sites (N-methyl/N-ethyl adjacent to an activating group) is 1. The number of ether oxygens (including phenoxy) is 2. The van der Waals surface area contributed by atoms with E-state index in [0.717, 1.165) is 23.9 Å². The number of hydrogen-bond donors (Lipinski definition) is 1. The lowest BCUT2D eigenvalue weighted by molar-refractivity contribution is -0.141. The third kappa shape index (κ3) is 3.11. The van der Waals surface area contributed by atoms with E-state index in [1.165, 1.54) is 18.0 Å². The number of nitrogens with two attached hydrogens (primary N) is 1. The smallest absolute Gasteiger partial charge is 0.433 e. The van der Waals surface area contributed by atoms with Gasteiger partial charge in [0.15, 0.2) is 0 Å². The van der Waals surface area contributed by atoms with Crippen LogP contribution < -0.4 is 10.5 Å². The molecule has 0 aliphatic carbocycles. The molecule has 3 aromatic rings. The molecule has 2 aliphatic heterocycles. The molecule has 2 N–H and O–H groups in total. The molecule has 2 aromatic heterocycles. The molecule has 1 unspecified atom stereocenters. The number of amides is 1. The van der Waals surface area contributed by atoms with Crippen molar-refractivity contribution in [2.24, 2.45) is 0 Å². The number of nitrogen functional groups attached to an aromatic ring is 1. The first-order valence-electron chi connectivity index (χ1n) is 9.60. The Kier molecular flexibility index (Phi) is 4.48. The maximum absolute atomic E-state index is 14.9. The van der Waals surface area contributed by atoms with Gasteiger partial charge < -0.3 is 20.1 Å².